The zero-order chi connectivity index (χ0) is 22.5. The number of carbonyl (C=O) groups excluding carboxylic acids is 1. The van der Waals surface area contributed by atoms with Crippen molar-refractivity contribution < 1.29 is 4.79 Å². The molecule has 1 aromatic heterocycles. The maximum atomic E-state index is 13.5. The van der Waals surface area contributed by atoms with Gasteiger partial charge in [0.2, 0.25) is 5.91 Å². The number of rotatable bonds is 7. The smallest absolute Gasteiger partial charge is 0.246 e. The van der Waals surface area contributed by atoms with E-state index in [4.69, 9.17) is 0 Å². The van der Waals surface area contributed by atoms with E-state index in [9.17, 15) is 4.79 Å². The second kappa shape index (κ2) is 9.62. The fraction of sp³-hybridized carbons (Fsp3) is 0.185. The first-order valence-corrected chi connectivity index (χ1v) is 10.7. The van der Waals surface area contributed by atoms with Crippen molar-refractivity contribution in [1.82, 2.24) is 14.7 Å². The Morgan fingerprint density at radius 1 is 1.00 bits per heavy atom. The summed E-state index contributed by atoms with van der Waals surface area (Å²) < 4.78 is 1.86. The number of aryl methyl sites for hydroxylation is 2. The van der Waals surface area contributed by atoms with Crippen molar-refractivity contribution in [3.63, 3.8) is 0 Å². The van der Waals surface area contributed by atoms with Crippen molar-refractivity contribution >= 4 is 11.6 Å². The Hall–Kier alpha value is -3.70. The topological polar surface area (TPSA) is 50.2 Å². The molecule has 5 heteroatoms. The molecule has 0 fully saturated rings. The van der Waals surface area contributed by atoms with Crippen LogP contribution in [0.25, 0.3) is 5.69 Å². The number of likely N-dealkylation sites (N-methyl/N-ethyl adjacent to an activating group) is 1. The number of benzene rings is 3. The molecule has 0 saturated carbocycles. The zero-order valence-corrected chi connectivity index (χ0v) is 18.7. The largest absolute Gasteiger partial charge is 0.324 e. The van der Waals surface area contributed by atoms with E-state index in [0.717, 1.165) is 33.6 Å². The third-order valence-corrected chi connectivity index (χ3v) is 5.54. The molecule has 0 aliphatic rings. The molecule has 32 heavy (non-hydrogen) atoms. The third-order valence-electron chi connectivity index (χ3n) is 5.54. The highest BCUT2D eigenvalue weighted by Gasteiger charge is 2.26. The highest BCUT2D eigenvalue weighted by atomic mass is 16.2. The molecule has 0 aliphatic carbocycles. The molecule has 4 aromatic rings. The van der Waals surface area contributed by atoms with Gasteiger partial charge in [-0.2, -0.15) is 5.10 Å². The Kier molecular flexibility index (Phi) is 6.47. The fourth-order valence-electron chi connectivity index (χ4n) is 3.86. The summed E-state index contributed by atoms with van der Waals surface area (Å²) in [6, 6.07) is 25.6. The van der Waals surface area contributed by atoms with Gasteiger partial charge in [-0.05, 0) is 55.8 Å². The van der Waals surface area contributed by atoms with Crippen LogP contribution in [0.3, 0.4) is 0 Å². The first-order valence-electron chi connectivity index (χ1n) is 10.7. The van der Waals surface area contributed by atoms with Gasteiger partial charge in [0.15, 0.2) is 0 Å². The van der Waals surface area contributed by atoms with Crippen LogP contribution < -0.4 is 5.32 Å². The normalized spacial score (nSPS) is 12.0. The molecule has 0 aliphatic heterocycles. The summed E-state index contributed by atoms with van der Waals surface area (Å²) in [6.07, 6.45) is 3.87. The van der Waals surface area contributed by atoms with Gasteiger partial charge in [0, 0.05) is 24.0 Å². The van der Waals surface area contributed by atoms with Crippen LogP contribution in [-0.4, -0.2) is 27.6 Å². The number of hydrogen-bond donors (Lipinski definition) is 1. The van der Waals surface area contributed by atoms with Gasteiger partial charge < -0.3 is 5.32 Å². The summed E-state index contributed by atoms with van der Waals surface area (Å²) in [4.78, 5) is 15.5. The quantitative estimate of drug-likeness (QED) is 0.438. The molecule has 1 N–H and O–H groups in total. The van der Waals surface area contributed by atoms with E-state index in [1.807, 2.05) is 111 Å². The van der Waals surface area contributed by atoms with E-state index >= 15 is 0 Å². The van der Waals surface area contributed by atoms with Gasteiger partial charge in [0.05, 0.1) is 11.9 Å². The van der Waals surface area contributed by atoms with Gasteiger partial charge in [-0.25, -0.2) is 4.68 Å². The Morgan fingerprint density at radius 2 is 1.69 bits per heavy atom. The first-order chi connectivity index (χ1) is 15.5. The average molecular weight is 425 g/mol. The predicted octanol–water partition coefficient (Wildman–Crippen LogP) is 5.30. The molecule has 0 saturated heterocycles. The molecular weight excluding hydrogens is 396 g/mol. The summed E-state index contributed by atoms with van der Waals surface area (Å²) in [6.45, 7) is 4.63. The minimum atomic E-state index is -0.434. The maximum Gasteiger partial charge on any atom is 0.246 e. The highest BCUT2D eigenvalue weighted by molar-refractivity contribution is 5.96. The van der Waals surface area contributed by atoms with Gasteiger partial charge in [0.25, 0.3) is 0 Å². The SMILES string of the molecule is Cc1ccc(C)c(NC(=O)[C@@H](c2ccccc2)N(C)Cc2cnn(-c3ccccc3)c2)c1. The van der Waals surface area contributed by atoms with Crippen LogP contribution in [0.4, 0.5) is 5.69 Å². The summed E-state index contributed by atoms with van der Waals surface area (Å²) >= 11 is 0. The summed E-state index contributed by atoms with van der Waals surface area (Å²) in [7, 11) is 1.97. The number of nitrogens with one attached hydrogen (secondary N) is 1. The van der Waals surface area contributed by atoms with Crippen LogP contribution in [0.15, 0.2) is 91.3 Å². The van der Waals surface area contributed by atoms with Crippen LogP contribution in [0.1, 0.15) is 28.3 Å². The van der Waals surface area contributed by atoms with Gasteiger partial charge >= 0.3 is 0 Å². The zero-order valence-electron chi connectivity index (χ0n) is 18.7. The Balaban J connectivity index is 1.57. The molecule has 1 heterocycles. The lowest BCUT2D eigenvalue weighted by Crippen LogP contribution is -2.34. The van der Waals surface area contributed by atoms with Gasteiger partial charge in [-0.1, -0.05) is 60.7 Å². The number of carbonyl (C=O) groups is 1. The number of amides is 1. The summed E-state index contributed by atoms with van der Waals surface area (Å²) in [5, 5.41) is 7.64. The van der Waals surface area contributed by atoms with Crippen LogP contribution in [0.2, 0.25) is 0 Å². The van der Waals surface area contributed by atoms with Crippen molar-refractivity contribution in [1.29, 1.82) is 0 Å². The van der Waals surface area contributed by atoms with E-state index in [1.165, 1.54) is 0 Å². The molecule has 0 unspecified atom stereocenters. The van der Waals surface area contributed by atoms with Crippen LogP contribution in [-0.2, 0) is 11.3 Å². The lowest BCUT2D eigenvalue weighted by Gasteiger charge is -2.27. The average Bonchev–Trinajstić information content (AvgIpc) is 3.26. The number of para-hydroxylation sites is 1. The number of nitrogens with zero attached hydrogens (tertiary/aromatic N) is 3. The van der Waals surface area contributed by atoms with E-state index in [0.29, 0.717) is 6.54 Å². The molecule has 162 valence electrons. The summed E-state index contributed by atoms with van der Waals surface area (Å²) in [5.74, 6) is -0.0529. The van der Waals surface area contributed by atoms with Crippen molar-refractivity contribution in [2.75, 3.05) is 12.4 Å². The van der Waals surface area contributed by atoms with Gasteiger partial charge in [0.1, 0.15) is 6.04 Å². The fourth-order valence-corrected chi connectivity index (χ4v) is 3.86. The molecule has 0 spiro atoms. The molecule has 4 rings (SSSR count). The van der Waals surface area contributed by atoms with E-state index in [1.54, 1.807) is 0 Å². The lowest BCUT2D eigenvalue weighted by molar-refractivity contribution is -0.121. The Bertz CT molecular complexity index is 1180. The maximum absolute atomic E-state index is 13.5. The lowest BCUT2D eigenvalue weighted by atomic mass is 10.0. The molecule has 1 atom stereocenters. The van der Waals surface area contributed by atoms with E-state index in [2.05, 4.69) is 21.4 Å². The van der Waals surface area contributed by atoms with E-state index in [-0.39, 0.29) is 5.91 Å². The van der Waals surface area contributed by atoms with Crippen molar-refractivity contribution in [3.05, 3.63) is 114 Å². The Morgan fingerprint density at radius 3 is 2.41 bits per heavy atom. The van der Waals surface area contributed by atoms with Crippen LogP contribution in [0, 0.1) is 13.8 Å². The number of anilines is 1. The van der Waals surface area contributed by atoms with Crippen molar-refractivity contribution in [2.45, 2.75) is 26.4 Å². The van der Waals surface area contributed by atoms with Gasteiger partial charge in [-0.3, -0.25) is 9.69 Å². The van der Waals surface area contributed by atoms with Crippen LogP contribution >= 0.6 is 0 Å². The molecule has 3 aromatic carbocycles. The monoisotopic (exact) mass is 424 g/mol. The first kappa shape index (κ1) is 21.5. The predicted molar refractivity (Wildman–Crippen MR) is 129 cm³/mol. The summed E-state index contributed by atoms with van der Waals surface area (Å²) in [5.41, 5.74) is 6.01. The number of hydrogen-bond acceptors (Lipinski definition) is 3. The minimum absolute atomic E-state index is 0.0529. The molecule has 0 bridgehead atoms. The standard InChI is InChI=1S/C27H28N4O/c1-20-14-15-21(2)25(16-20)29-27(32)26(23-10-6-4-7-11-23)30(3)18-22-17-28-31(19-22)24-12-8-5-9-13-24/h4-17,19,26H,18H2,1-3H3,(H,29,32)/t26-/m1/s1. The van der Waals surface area contributed by atoms with Gasteiger partial charge in [-0.15, -0.1) is 0 Å². The van der Waals surface area contributed by atoms with Crippen molar-refractivity contribution in [3.8, 4) is 5.69 Å². The number of aromatic nitrogens is 2. The molecule has 0 radical (unpaired) electrons. The second-order valence-electron chi connectivity index (χ2n) is 8.16. The van der Waals surface area contributed by atoms with Crippen molar-refractivity contribution in [2.24, 2.45) is 0 Å². The molecule has 5 nitrogen and oxygen atoms in total. The van der Waals surface area contributed by atoms with Crippen LogP contribution in [0.5, 0.6) is 0 Å². The third kappa shape index (κ3) is 4.95. The van der Waals surface area contributed by atoms with E-state index < -0.39 is 6.04 Å². The molecular formula is C27H28N4O. The second-order valence-corrected chi connectivity index (χ2v) is 8.16. The minimum Gasteiger partial charge on any atom is -0.324 e. The highest BCUT2D eigenvalue weighted by Crippen LogP contribution is 2.25. The Labute approximate surface area is 189 Å². The molecule has 1 amide bonds.